The molecule has 1 fully saturated rings. The Morgan fingerprint density at radius 3 is 2.67 bits per heavy atom. The molecule has 2 heteroatoms. The second-order valence-electron chi connectivity index (χ2n) is 3.24. The van der Waals surface area contributed by atoms with Gasteiger partial charge in [-0.3, -0.25) is 0 Å². The standard InChI is InChI=1S/C7H14NO/c1-6-4-9-5-7(2,3)8-6/h6,8H,1,4-5H2,2-3H3. The topological polar surface area (TPSA) is 21.3 Å². The van der Waals surface area contributed by atoms with Gasteiger partial charge < -0.3 is 10.1 Å². The first-order valence-corrected chi connectivity index (χ1v) is 3.29. The van der Waals surface area contributed by atoms with E-state index in [1.54, 1.807) is 0 Å². The van der Waals surface area contributed by atoms with Crippen LogP contribution < -0.4 is 5.32 Å². The average molecular weight is 128 g/mol. The van der Waals surface area contributed by atoms with Crippen molar-refractivity contribution in [3.8, 4) is 0 Å². The van der Waals surface area contributed by atoms with Gasteiger partial charge in [0.1, 0.15) is 0 Å². The second-order valence-corrected chi connectivity index (χ2v) is 3.24. The van der Waals surface area contributed by atoms with Crippen LogP contribution in [-0.4, -0.2) is 24.8 Å². The van der Waals surface area contributed by atoms with E-state index < -0.39 is 0 Å². The monoisotopic (exact) mass is 128 g/mol. The lowest BCUT2D eigenvalue weighted by molar-refractivity contribution is 0.0246. The van der Waals surface area contributed by atoms with Crippen LogP contribution in [0.25, 0.3) is 0 Å². The molecule has 0 aromatic rings. The summed E-state index contributed by atoms with van der Waals surface area (Å²) in [6.07, 6.45) is 0. The van der Waals surface area contributed by atoms with Crippen molar-refractivity contribution in [3.05, 3.63) is 6.92 Å². The van der Waals surface area contributed by atoms with Crippen molar-refractivity contribution in [1.29, 1.82) is 0 Å². The fourth-order valence-corrected chi connectivity index (χ4v) is 1.09. The van der Waals surface area contributed by atoms with Gasteiger partial charge >= 0.3 is 0 Å². The zero-order valence-electron chi connectivity index (χ0n) is 6.11. The highest BCUT2D eigenvalue weighted by molar-refractivity contribution is 4.86. The maximum absolute atomic E-state index is 5.27. The fourth-order valence-electron chi connectivity index (χ4n) is 1.09. The van der Waals surface area contributed by atoms with E-state index in [1.165, 1.54) is 0 Å². The van der Waals surface area contributed by atoms with Crippen molar-refractivity contribution in [2.75, 3.05) is 13.2 Å². The molecule has 0 bridgehead atoms. The van der Waals surface area contributed by atoms with Gasteiger partial charge in [-0.1, -0.05) is 0 Å². The molecular formula is C7H14NO. The summed E-state index contributed by atoms with van der Waals surface area (Å²) in [5.41, 5.74) is 0.116. The van der Waals surface area contributed by atoms with Crippen LogP contribution in [0, 0.1) is 6.92 Å². The summed E-state index contributed by atoms with van der Waals surface area (Å²) in [5.74, 6) is 0. The molecule has 1 saturated heterocycles. The van der Waals surface area contributed by atoms with Crippen molar-refractivity contribution in [2.45, 2.75) is 25.4 Å². The van der Waals surface area contributed by atoms with E-state index in [0.717, 1.165) is 13.2 Å². The van der Waals surface area contributed by atoms with Gasteiger partial charge in [0.2, 0.25) is 0 Å². The molecule has 0 amide bonds. The Balaban J connectivity index is 2.41. The molecule has 0 spiro atoms. The third-order valence-electron chi connectivity index (χ3n) is 1.38. The predicted molar refractivity (Wildman–Crippen MR) is 37.2 cm³/mol. The van der Waals surface area contributed by atoms with Gasteiger partial charge in [0, 0.05) is 11.6 Å². The van der Waals surface area contributed by atoms with Gasteiger partial charge in [0.15, 0.2) is 0 Å². The largest absolute Gasteiger partial charge is 0.378 e. The van der Waals surface area contributed by atoms with Gasteiger partial charge in [-0.05, 0) is 20.8 Å². The van der Waals surface area contributed by atoms with Gasteiger partial charge in [-0.2, -0.15) is 0 Å². The highest BCUT2D eigenvalue weighted by Gasteiger charge is 2.24. The lowest BCUT2D eigenvalue weighted by Gasteiger charge is -2.35. The summed E-state index contributed by atoms with van der Waals surface area (Å²) in [7, 11) is 0. The Bertz CT molecular complexity index is 101. The number of hydrogen-bond donors (Lipinski definition) is 1. The molecule has 9 heavy (non-hydrogen) atoms. The van der Waals surface area contributed by atoms with Crippen molar-refractivity contribution in [3.63, 3.8) is 0 Å². The molecule has 1 atom stereocenters. The number of hydrogen-bond acceptors (Lipinski definition) is 2. The smallest absolute Gasteiger partial charge is 0.0643 e. The molecule has 2 nitrogen and oxygen atoms in total. The highest BCUT2D eigenvalue weighted by Crippen LogP contribution is 2.09. The van der Waals surface area contributed by atoms with Crippen LogP contribution in [0.1, 0.15) is 13.8 Å². The van der Waals surface area contributed by atoms with Crippen molar-refractivity contribution < 1.29 is 4.74 Å². The molecule has 53 valence electrons. The van der Waals surface area contributed by atoms with Gasteiger partial charge in [-0.25, -0.2) is 0 Å². The van der Waals surface area contributed by atoms with Crippen LogP contribution in [0.2, 0.25) is 0 Å². The lowest BCUT2D eigenvalue weighted by atomic mass is 10.0. The van der Waals surface area contributed by atoms with Crippen LogP contribution in [0.3, 0.4) is 0 Å². The molecule has 1 radical (unpaired) electrons. The highest BCUT2D eigenvalue weighted by atomic mass is 16.5. The number of nitrogens with one attached hydrogen (secondary N) is 1. The van der Waals surface area contributed by atoms with Gasteiger partial charge in [0.05, 0.1) is 13.2 Å². The Morgan fingerprint density at radius 1 is 1.67 bits per heavy atom. The fraction of sp³-hybridized carbons (Fsp3) is 0.857. The molecule has 1 heterocycles. The third-order valence-corrected chi connectivity index (χ3v) is 1.38. The van der Waals surface area contributed by atoms with E-state index in [4.69, 9.17) is 4.74 Å². The molecule has 0 saturated carbocycles. The molecule has 0 aromatic carbocycles. The normalized spacial score (nSPS) is 34.3. The summed E-state index contributed by atoms with van der Waals surface area (Å²) in [4.78, 5) is 0. The van der Waals surface area contributed by atoms with Crippen LogP contribution in [0.15, 0.2) is 0 Å². The summed E-state index contributed by atoms with van der Waals surface area (Å²) in [6, 6.07) is 0.258. The predicted octanol–water partition coefficient (Wildman–Crippen LogP) is 0.587. The van der Waals surface area contributed by atoms with E-state index in [2.05, 4.69) is 26.1 Å². The summed E-state index contributed by atoms with van der Waals surface area (Å²) < 4.78 is 5.27. The molecule has 1 N–H and O–H groups in total. The van der Waals surface area contributed by atoms with Crippen LogP contribution in [0.4, 0.5) is 0 Å². The lowest BCUT2D eigenvalue weighted by Crippen LogP contribution is -2.54. The minimum Gasteiger partial charge on any atom is -0.378 e. The van der Waals surface area contributed by atoms with E-state index in [0.29, 0.717) is 0 Å². The van der Waals surface area contributed by atoms with Gasteiger partial charge in [-0.15, -0.1) is 0 Å². The Morgan fingerprint density at radius 2 is 2.33 bits per heavy atom. The average Bonchev–Trinajstić information content (AvgIpc) is 1.60. The SMILES string of the molecule is [CH2]C1COCC(C)(C)N1. The van der Waals surface area contributed by atoms with Gasteiger partial charge in [0.25, 0.3) is 0 Å². The zero-order chi connectivity index (χ0) is 6.91. The number of ether oxygens (including phenoxy) is 1. The summed E-state index contributed by atoms with van der Waals surface area (Å²) in [6.45, 7) is 9.62. The quantitative estimate of drug-likeness (QED) is 0.515. The van der Waals surface area contributed by atoms with E-state index in [-0.39, 0.29) is 11.6 Å². The zero-order valence-corrected chi connectivity index (χ0v) is 6.11. The summed E-state index contributed by atoms with van der Waals surface area (Å²) >= 11 is 0. The van der Waals surface area contributed by atoms with Crippen molar-refractivity contribution in [1.82, 2.24) is 5.32 Å². The Labute approximate surface area is 56.6 Å². The van der Waals surface area contributed by atoms with Crippen molar-refractivity contribution >= 4 is 0 Å². The molecular weight excluding hydrogens is 114 g/mol. The van der Waals surface area contributed by atoms with Crippen LogP contribution in [-0.2, 0) is 4.74 Å². The molecule has 1 rings (SSSR count). The molecule has 0 aliphatic carbocycles. The number of rotatable bonds is 0. The summed E-state index contributed by atoms with van der Waals surface area (Å²) in [5, 5.41) is 3.32. The molecule has 1 aliphatic rings. The first kappa shape index (κ1) is 7.03. The first-order chi connectivity index (χ1) is 4.10. The van der Waals surface area contributed by atoms with E-state index in [1.807, 2.05) is 0 Å². The molecule has 1 aliphatic heterocycles. The maximum Gasteiger partial charge on any atom is 0.0643 e. The van der Waals surface area contributed by atoms with E-state index in [9.17, 15) is 0 Å². The maximum atomic E-state index is 5.27. The minimum atomic E-state index is 0.116. The molecule has 0 aromatic heterocycles. The first-order valence-electron chi connectivity index (χ1n) is 3.29. The molecule has 1 unspecified atom stereocenters. The second kappa shape index (κ2) is 2.27. The van der Waals surface area contributed by atoms with Crippen LogP contribution in [0.5, 0.6) is 0 Å². The Kier molecular flexibility index (Phi) is 1.78. The number of morpholine rings is 1. The minimum absolute atomic E-state index is 0.116. The van der Waals surface area contributed by atoms with Crippen LogP contribution >= 0.6 is 0 Å². The Hall–Kier alpha value is -0.0800. The van der Waals surface area contributed by atoms with Crippen molar-refractivity contribution in [2.24, 2.45) is 0 Å². The third kappa shape index (κ3) is 1.95. The van der Waals surface area contributed by atoms with E-state index >= 15 is 0 Å².